The van der Waals surface area contributed by atoms with Crippen molar-refractivity contribution in [2.24, 2.45) is 0 Å². The molecule has 0 amide bonds. The van der Waals surface area contributed by atoms with E-state index in [1.165, 1.54) is 63.0 Å². The number of fused-ring (bicyclic) bond motifs is 1. The van der Waals surface area contributed by atoms with E-state index in [4.69, 9.17) is 15.9 Å². The number of carbonyl (C=O) groups is 2. The van der Waals surface area contributed by atoms with Crippen molar-refractivity contribution in [1.82, 2.24) is 19.9 Å². The Balaban J connectivity index is 0.000000343. The largest absolute Gasteiger partial charge is 0.478 e. The van der Waals surface area contributed by atoms with Gasteiger partial charge in [0.25, 0.3) is 0 Å². The van der Waals surface area contributed by atoms with Gasteiger partial charge in [-0.05, 0) is 71.1 Å². The van der Waals surface area contributed by atoms with Crippen LogP contribution >= 0.6 is 0 Å². The summed E-state index contributed by atoms with van der Waals surface area (Å²) >= 11 is 0. The zero-order valence-corrected chi connectivity index (χ0v) is 17.6. The maximum absolute atomic E-state index is 9.55. The fourth-order valence-corrected chi connectivity index (χ4v) is 3.65. The molecule has 3 heterocycles. The summed E-state index contributed by atoms with van der Waals surface area (Å²) in [6.07, 6.45) is 8.75. The Bertz CT molecular complexity index is 884. The van der Waals surface area contributed by atoms with E-state index in [0.29, 0.717) is 18.0 Å². The molecule has 2 aromatic heterocycles. The standard InChI is InChI=1S/C17H27N5.C4H4O4/c1-12-14(8-4-3-5-9-22-10-6-7-11-22)15-16(19-12)17(18)21-13(2)20-15;5-3(6)1-2-4(7)8/h19H,3-11H2,1-2H3,(H2,18,20,21);1-2H,(H,5,6)(H,7,8). The first-order valence-electron chi connectivity index (χ1n) is 10.3. The van der Waals surface area contributed by atoms with Crippen LogP contribution in [-0.4, -0.2) is 61.6 Å². The highest BCUT2D eigenvalue weighted by molar-refractivity contribution is 5.89. The summed E-state index contributed by atoms with van der Waals surface area (Å²) in [6, 6.07) is 0. The minimum atomic E-state index is -1.26. The van der Waals surface area contributed by atoms with Gasteiger partial charge in [0.15, 0.2) is 5.82 Å². The van der Waals surface area contributed by atoms with E-state index in [0.717, 1.165) is 23.3 Å². The molecule has 1 fully saturated rings. The summed E-state index contributed by atoms with van der Waals surface area (Å²) in [4.78, 5) is 33.9. The molecule has 0 unspecified atom stereocenters. The smallest absolute Gasteiger partial charge is 0.328 e. The number of hydrogen-bond donors (Lipinski definition) is 4. The van der Waals surface area contributed by atoms with E-state index in [-0.39, 0.29) is 0 Å². The lowest BCUT2D eigenvalue weighted by atomic mass is 10.1. The van der Waals surface area contributed by atoms with E-state index >= 15 is 0 Å². The third-order valence-electron chi connectivity index (χ3n) is 5.07. The summed E-state index contributed by atoms with van der Waals surface area (Å²) in [6.45, 7) is 7.88. The average molecular weight is 418 g/mol. The van der Waals surface area contributed by atoms with Crippen LogP contribution in [0.1, 0.15) is 49.2 Å². The molecule has 1 aliphatic heterocycles. The number of nitrogens with zero attached hydrogens (tertiary/aromatic N) is 3. The number of rotatable bonds is 8. The second-order valence-corrected chi connectivity index (χ2v) is 7.48. The number of aryl methyl sites for hydroxylation is 3. The van der Waals surface area contributed by atoms with Crippen LogP contribution in [0.3, 0.4) is 0 Å². The molecule has 164 valence electrons. The van der Waals surface area contributed by atoms with Gasteiger partial charge in [0, 0.05) is 17.8 Å². The molecule has 0 atom stereocenters. The lowest BCUT2D eigenvalue weighted by Gasteiger charge is -2.13. The Hall–Kier alpha value is -2.94. The molecule has 0 saturated carbocycles. The molecule has 9 heteroatoms. The molecule has 1 aliphatic rings. The van der Waals surface area contributed by atoms with Gasteiger partial charge >= 0.3 is 11.9 Å². The van der Waals surface area contributed by atoms with Crippen molar-refractivity contribution in [3.8, 4) is 0 Å². The summed E-state index contributed by atoms with van der Waals surface area (Å²) in [5.41, 5.74) is 10.4. The van der Waals surface area contributed by atoms with Gasteiger partial charge in [-0.25, -0.2) is 19.6 Å². The number of likely N-dealkylation sites (tertiary alicyclic amines) is 1. The van der Waals surface area contributed by atoms with Crippen LogP contribution in [0.2, 0.25) is 0 Å². The van der Waals surface area contributed by atoms with Gasteiger partial charge < -0.3 is 25.8 Å². The maximum atomic E-state index is 9.55. The van der Waals surface area contributed by atoms with Crippen LogP contribution in [0.4, 0.5) is 5.82 Å². The first-order chi connectivity index (χ1) is 14.3. The van der Waals surface area contributed by atoms with Crippen molar-refractivity contribution in [1.29, 1.82) is 0 Å². The fraction of sp³-hybridized carbons (Fsp3) is 0.524. The number of nitrogens with one attached hydrogen (secondary N) is 1. The highest BCUT2D eigenvalue weighted by Gasteiger charge is 2.14. The van der Waals surface area contributed by atoms with Crippen molar-refractivity contribution in [3.05, 3.63) is 29.2 Å². The Morgan fingerprint density at radius 3 is 2.30 bits per heavy atom. The van der Waals surface area contributed by atoms with Crippen molar-refractivity contribution < 1.29 is 19.8 Å². The average Bonchev–Trinajstić information content (AvgIpc) is 3.29. The monoisotopic (exact) mass is 417 g/mol. The number of aromatic nitrogens is 3. The highest BCUT2D eigenvalue weighted by atomic mass is 16.4. The predicted octanol–water partition coefficient (Wildman–Crippen LogP) is 2.68. The SMILES string of the molecule is Cc1nc(N)c2[nH]c(C)c(CCCCCN3CCCC3)c2n1.O=C(O)C=CC(=O)O. The third kappa shape index (κ3) is 7.14. The lowest BCUT2D eigenvalue weighted by Crippen LogP contribution is -2.20. The van der Waals surface area contributed by atoms with E-state index in [9.17, 15) is 9.59 Å². The highest BCUT2D eigenvalue weighted by Crippen LogP contribution is 2.25. The van der Waals surface area contributed by atoms with Gasteiger partial charge in [-0.2, -0.15) is 0 Å². The van der Waals surface area contributed by atoms with Crippen LogP contribution in [0.5, 0.6) is 0 Å². The number of nitrogen functional groups attached to an aromatic ring is 1. The van der Waals surface area contributed by atoms with Crippen LogP contribution in [0.25, 0.3) is 11.0 Å². The van der Waals surface area contributed by atoms with E-state index < -0.39 is 11.9 Å². The lowest BCUT2D eigenvalue weighted by molar-refractivity contribution is -0.134. The van der Waals surface area contributed by atoms with Gasteiger partial charge in [0.1, 0.15) is 11.3 Å². The third-order valence-corrected chi connectivity index (χ3v) is 5.07. The molecule has 0 aliphatic carbocycles. The van der Waals surface area contributed by atoms with E-state index in [1.54, 1.807) is 0 Å². The number of unbranched alkanes of at least 4 members (excludes halogenated alkanes) is 2. The molecule has 0 spiro atoms. The molecule has 3 rings (SSSR count). The normalized spacial score (nSPS) is 14.2. The zero-order valence-electron chi connectivity index (χ0n) is 17.6. The molecule has 0 radical (unpaired) electrons. The van der Waals surface area contributed by atoms with E-state index in [2.05, 4.69) is 26.8 Å². The van der Waals surface area contributed by atoms with Crippen molar-refractivity contribution in [2.45, 2.75) is 52.4 Å². The number of nitrogens with two attached hydrogens (primary N) is 1. The molecule has 0 aromatic carbocycles. The molecule has 2 aromatic rings. The molecule has 0 bridgehead atoms. The number of H-pyrrole nitrogens is 1. The van der Waals surface area contributed by atoms with Gasteiger partial charge in [-0.1, -0.05) is 6.42 Å². The second-order valence-electron chi connectivity index (χ2n) is 7.48. The summed E-state index contributed by atoms with van der Waals surface area (Å²) in [5.74, 6) is -1.20. The zero-order chi connectivity index (χ0) is 22.1. The number of hydrogen-bond acceptors (Lipinski definition) is 6. The Kier molecular flexibility index (Phi) is 8.79. The molecule has 9 nitrogen and oxygen atoms in total. The van der Waals surface area contributed by atoms with Gasteiger partial charge in [0.2, 0.25) is 0 Å². The molecular weight excluding hydrogens is 386 g/mol. The molecular formula is C21H31N5O4. The van der Waals surface area contributed by atoms with E-state index in [1.807, 2.05) is 6.92 Å². The second kappa shape index (κ2) is 11.3. The quantitative estimate of drug-likeness (QED) is 0.379. The summed E-state index contributed by atoms with van der Waals surface area (Å²) < 4.78 is 0. The topological polar surface area (TPSA) is 145 Å². The molecule has 1 saturated heterocycles. The minimum Gasteiger partial charge on any atom is -0.478 e. The molecule has 5 N–H and O–H groups in total. The van der Waals surface area contributed by atoms with Crippen molar-refractivity contribution >= 4 is 28.8 Å². The number of aromatic amines is 1. The Morgan fingerprint density at radius 2 is 1.70 bits per heavy atom. The van der Waals surface area contributed by atoms with Gasteiger partial charge in [-0.3, -0.25) is 0 Å². The number of anilines is 1. The minimum absolute atomic E-state index is 0.558. The van der Waals surface area contributed by atoms with Crippen LogP contribution < -0.4 is 5.73 Å². The number of aliphatic carboxylic acids is 2. The van der Waals surface area contributed by atoms with Gasteiger partial charge in [-0.15, -0.1) is 0 Å². The summed E-state index contributed by atoms with van der Waals surface area (Å²) in [5, 5.41) is 15.6. The first-order valence-corrected chi connectivity index (χ1v) is 10.3. The summed E-state index contributed by atoms with van der Waals surface area (Å²) in [7, 11) is 0. The van der Waals surface area contributed by atoms with Crippen LogP contribution in [0.15, 0.2) is 12.2 Å². The molecule has 30 heavy (non-hydrogen) atoms. The number of carboxylic acid groups (broad SMARTS) is 2. The van der Waals surface area contributed by atoms with Gasteiger partial charge in [0.05, 0.1) is 5.52 Å². The maximum Gasteiger partial charge on any atom is 0.328 e. The Morgan fingerprint density at radius 1 is 1.07 bits per heavy atom. The Labute approximate surface area is 176 Å². The van der Waals surface area contributed by atoms with Crippen molar-refractivity contribution in [3.63, 3.8) is 0 Å². The van der Waals surface area contributed by atoms with Crippen molar-refractivity contribution in [2.75, 3.05) is 25.4 Å². The first kappa shape index (κ1) is 23.3. The van der Waals surface area contributed by atoms with Crippen LogP contribution in [0, 0.1) is 13.8 Å². The fourth-order valence-electron chi connectivity index (χ4n) is 3.65. The van der Waals surface area contributed by atoms with Crippen LogP contribution in [-0.2, 0) is 16.0 Å². The predicted molar refractivity (Wildman–Crippen MR) is 115 cm³/mol. The number of carboxylic acids is 2.